The van der Waals surface area contributed by atoms with Crippen molar-refractivity contribution in [3.8, 4) is 0 Å². The molecule has 0 aliphatic heterocycles. The van der Waals surface area contributed by atoms with Crippen LogP contribution in [0.25, 0.3) is 0 Å². The van der Waals surface area contributed by atoms with Gasteiger partial charge in [0.15, 0.2) is 0 Å². The van der Waals surface area contributed by atoms with E-state index in [0.717, 1.165) is 12.1 Å². The van der Waals surface area contributed by atoms with Crippen molar-refractivity contribution in [2.45, 2.75) is 32.5 Å². The van der Waals surface area contributed by atoms with Gasteiger partial charge in [-0.25, -0.2) is 9.59 Å². The van der Waals surface area contributed by atoms with Gasteiger partial charge in [-0.3, -0.25) is 0 Å². The third-order valence-electron chi connectivity index (χ3n) is 3.44. The summed E-state index contributed by atoms with van der Waals surface area (Å²) in [7, 11) is 1.18. The number of carbonyl (C=O) groups excluding carboxylic acids is 2. The summed E-state index contributed by atoms with van der Waals surface area (Å²) in [6.45, 7) is 3.55. The summed E-state index contributed by atoms with van der Waals surface area (Å²) in [4.78, 5) is 23.6. The van der Waals surface area contributed by atoms with E-state index in [2.05, 4.69) is 15.4 Å². The molecular weight excluding hydrogens is 313 g/mol. The van der Waals surface area contributed by atoms with Crippen LogP contribution in [0, 0.1) is 5.92 Å². The van der Waals surface area contributed by atoms with Gasteiger partial charge in [-0.15, -0.1) is 0 Å². The van der Waals surface area contributed by atoms with E-state index in [4.69, 9.17) is 0 Å². The Kier molecular flexibility index (Phi) is 6.41. The van der Waals surface area contributed by atoms with Crippen LogP contribution in [0.5, 0.6) is 0 Å². The number of carbonyl (C=O) groups is 2. The molecule has 0 fully saturated rings. The first-order chi connectivity index (χ1) is 10.7. The molecule has 2 amide bonds. The van der Waals surface area contributed by atoms with Crippen LogP contribution in [0.2, 0.25) is 0 Å². The number of urea groups is 1. The molecule has 2 atom stereocenters. The van der Waals surface area contributed by atoms with Crippen LogP contribution in [0.1, 0.15) is 25.8 Å². The standard InChI is InChI=1S/C15H19F3N2O3/c1-4-9(2)12(13(21)23-3)20-14(22)19-11-8-6-5-7-10(11)15(16,17)18/h5-9,12H,4H2,1-3H3,(H2,19,20,22)/t9-,12+/m0/s1. The largest absolute Gasteiger partial charge is 0.467 e. The average Bonchev–Trinajstić information content (AvgIpc) is 2.50. The number of ether oxygens (including phenoxy) is 1. The molecule has 1 aromatic carbocycles. The Balaban J connectivity index is 2.90. The van der Waals surface area contributed by atoms with Crippen LogP contribution >= 0.6 is 0 Å². The molecule has 0 bridgehead atoms. The molecule has 0 heterocycles. The molecule has 0 aliphatic rings. The number of hydrogen-bond donors (Lipinski definition) is 2. The number of alkyl halides is 3. The number of methoxy groups -OCH3 is 1. The molecule has 0 saturated carbocycles. The van der Waals surface area contributed by atoms with Gasteiger partial charge < -0.3 is 15.4 Å². The maximum absolute atomic E-state index is 12.9. The normalized spacial score (nSPS) is 13.8. The lowest BCUT2D eigenvalue weighted by Crippen LogP contribution is -2.47. The molecule has 0 aliphatic carbocycles. The minimum Gasteiger partial charge on any atom is -0.467 e. The first-order valence-electron chi connectivity index (χ1n) is 7.02. The molecule has 0 saturated heterocycles. The predicted molar refractivity (Wildman–Crippen MR) is 78.9 cm³/mol. The molecule has 8 heteroatoms. The summed E-state index contributed by atoms with van der Waals surface area (Å²) in [6, 6.07) is 2.75. The zero-order chi connectivity index (χ0) is 17.6. The van der Waals surface area contributed by atoms with Crippen LogP contribution in [0.3, 0.4) is 0 Å². The van der Waals surface area contributed by atoms with Crippen LogP contribution in [0.15, 0.2) is 24.3 Å². The highest BCUT2D eigenvalue weighted by atomic mass is 19.4. The summed E-state index contributed by atoms with van der Waals surface area (Å²) in [5.74, 6) is -0.885. The summed E-state index contributed by atoms with van der Waals surface area (Å²) < 4.78 is 43.2. The highest BCUT2D eigenvalue weighted by Crippen LogP contribution is 2.34. The fraction of sp³-hybridized carbons (Fsp3) is 0.467. The summed E-state index contributed by atoms with van der Waals surface area (Å²) in [5, 5.41) is 4.48. The van der Waals surface area contributed by atoms with Crippen molar-refractivity contribution in [3.05, 3.63) is 29.8 Å². The smallest absolute Gasteiger partial charge is 0.418 e. The van der Waals surface area contributed by atoms with Gasteiger partial charge in [0.2, 0.25) is 0 Å². The molecule has 5 nitrogen and oxygen atoms in total. The zero-order valence-corrected chi connectivity index (χ0v) is 13.0. The summed E-state index contributed by atoms with van der Waals surface area (Å²) in [5.41, 5.74) is -1.35. The fourth-order valence-corrected chi connectivity index (χ4v) is 1.94. The predicted octanol–water partition coefficient (Wildman–Crippen LogP) is 3.41. The van der Waals surface area contributed by atoms with Crippen LogP contribution in [-0.2, 0) is 15.7 Å². The number of halogens is 3. The van der Waals surface area contributed by atoms with Gasteiger partial charge in [-0.2, -0.15) is 13.2 Å². The van der Waals surface area contributed by atoms with E-state index >= 15 is 0 Å². The van der Waals surface area contributed by atoms with Gasteiger partial charge in [0.05, 0.1) is 18.4 Å². The Morgan fingerprint density at radius 1 is 1.26 bits per heavy atom. The monoisotopic (exact) mass is 332 g/mol. The Morgan fingerprint density at radius 2 is 1.87 bits per heavy atom. The lowest BCUT2D eigenvalue weighted by atomic mass is 9.99. The Morgan fingerprint density at radius 3 is 2.39 bits per heavy atom. The second-order valence-corrected chi connectivity index (χ2v) is 5.03. The van der Waals surface area contributed by atoms with Gasteiger partial charge in [0.1, 0.15) is 6.04 Å². The molecule has 0 radical (unpaired) electrons. The number of nitrogens with one attached hydrogen (secondary N) is 2. The van der Waals surface area contributed by atoms with E-state index in [1.807, 2.05) is 6.92 Å². The Labute approximate surface area is 132 Å². The minimum atomic E-state index is -4.59. The molecule has 1 aromatic rings. The van der Waals surface area contributed by atoms with Crippen molar-refractivity contribution < 1.29 is 27.5 Å². The third-order valence-corrected chi connectivity index (χ3v) is 3.44. The second-order valence-electron chi connectivity index (χ2n) is 5.03. The lowest BCUT2D eigenvalue weighted by molar-refractivity contribution is -0.144. The molecule has 128 valence electrons. The number of rotatable bonds is 5. The molecule has 0 aromatic heterocycles. The molecular formula is C15H19F3N2O3. The van der Waals surface area contributed by atoms with E-state index in [-0.39, 0.29) is 11.6 Å². The molecule has 23 heavy (non-hydrogen) atoms. The zero-order valence-electron chi connectivity index (χ0n) is 13.0. The van der Waals surface area contributed by atoms with Crippen LogP contribution in [-0.4, -0.2) is 25.2 Å². The van der Waals surface area contributed by atoms with Crippen molar-refractivity contribution in [1.29, 1.82) is 0 Å². The highest BCUT2D eigenvalue weighted by molar-refractivity contribution is 5.93. The summed E-state index contributed by atoms with van der Waals surface area (Å²) >= 11 is 0. The van der Waals surface area contributed by atoms with Gasteiger partial charge in [-0.05, 0) is 18.1 Å². The van der Waals surface area contributed by atoms with Crippen LogP contribution in [0.4, 0.5) is 23.7 Å². The van der Waals surface area contributed by atoms with Gasteiger partial charge in [0.25, 0.3) is 0 Å². The van der Waals surface area contributed by atoms with Crippen molar-refractivity contribution in [3.63, 3.8) is 0 Å². The van der Waals surface area contributed by atoms with Gasteiger partial charge >= 0.3 is 18.2 Å². The highest BCUT2D eigenvalue weighted by Gasteiger charge is 2.34. The first kappa shape index (κ1) is 18.8. The lowest BCUT2D eigenvalue weighted by Gasteiger charge is -2.22. The Hall–Kier alpha value is -2.25. The summed E-state index contributed by atoms with van der Waals surface area (Å²) in [6.07, 6.45) is -4.01. The van der Waals surface area contributed by atoms with E-state index < -0.39 is 29.8 Å². The first-order valence-corrected chi connectivity index (χ1v) is 7.02. The quantitative estimate of drug-likeness (QED) is 0.812. The number of anilines is 1. The number of esters is 1. The third kappa shape index (κ3) is 5.15. The molecule has 2 N–H and O–H groups in total. The SMILES string of the molecule is CC[C@H](C)[C@@H](NC(=O)Nc1ccccc1C(F)(F)F)C(=O)OC. The molecule has 0 spiro atoms. The minimum absolute atomic E-state index is 0.231. The van der Waals surface area contributed by atoms with E-state index in [1.165, 1.54) is 19.2 Å². The number of amides is 2. The van der Waals surface area contributed by atoms with Crippen molar-refractivity contribution >= 4 is 17.7 Å². The second kappa shape index (κ2) is 7.85. The van der Waals surface area contributed by atoms with Crippen LogP contribution < -0.4 is 10.6 Å². The van der Waals surface area contributed by atoms with Gasteiger partial charge in [0, 0.05) is 0 Å². The molecule has 0 unspecified atom stereocenters. The number of benzene rings is 1. The number of para-hydroxylation sites is 1. The topological polar surface area (TPSA) is 67.4 Å². The maximum atomic E-state index is 12.9. The van der Waals surface area contributed by atoms with Crippen molar-refractivity contribution in [2.24, 2.45) is 5.92 Å². The van der Waals surface area contributed by atoms with Crippen molar-refractivity contribution in [1.82, 2.24) is 5.32 Å². The van der Waals surface area contributed by atoms with E-state index in [0.29, 0.717) is 6.42 Å². The fourth-order valence-electron chi connectivity index (χ4n) is 1.94. The average molecular weight is 332 g/mol. The number of hydrogen-bond acceptors (Lipinski definition) is 3. The maximum Gasteiger partial charge on any atom is 0.418 e. The van der Waals surface area contributed by atoms with E-state index in [1.54, 1.807) is 6.92 Å². The Bertz CT molecular complexity index is 561. The van der Waals surface area contributed by atoms with E-state index in [9.17, 15) is 22.8 Å². The van der Waals surface area contributed by atoms with Gasteiger partial charge in [-0.1, -0.05) is 32.4 Å². The van der Waals surface area contributed by atoms with Crippen molar-refractivity contribution in [2.75, 3.05) is 12.4 Å². The molecule has 1 rings (SSSR count).